The topological polar surface area (TPSA) is 116 Å². The predicted molar refractivity (Wildman–Crippen MR) is 117 cm³/mol. The summed E-state index contributed by atoms with van der Waals surface area (Å²) >= 11 is 0. The number of carboxylic acid groups (broad SMARTS) is 1. The van der Waals surface area contributed by atoms with Crippen LogP contribution in [0.25, 0.3) is 0 Å². The van der Waals surface area contributed by atoms with Gasteiger partial charge in [0.15, 0.2) is 0 Å². The summed E-state index contributed by atoms with van der Waals surface area (Å²) in [5.74, 6) is 0.277. The fourth-order valence-corrected chi connectivity index (χ4v) is 4.56. The standard InChI is InChI=1S/C21H31N3O5S/c1-14(2)16-8-6-9-17(15(3)4)18(16)22-19(25)23-30(28,29)13-11-21(5)10-7-12-24(21)20(26)27/h6,8-9,11,13-15H,7,10,12H2,1-5H3,(H,26,27)(H2,22,23,25)/b13-11+/t21-/m1/s1. The van der Waals surface area contributed by atoms with Crippen LogP contribution in [0.15, 0.2) is 29.7 Å². The van der Waals surface area contributed by atoms with Crippen molar-refractivity contribution in [1.82, 2.24) is 9.62 Å². The molecular weight excluding hydrogens is 406 g/mol. The highest BCUT2D eigenvalue weighted by atomic mass is 32.2. The van der Waals surface area contributed by atoms with Crippen molar-refractivity contribution in [2.45, 2.75) is 64.8 Å². The van der Waals surface area contributed by atoms with E-state index in [2.05, 4.69) is 5.32 Å². The third-order valence-corrected chi connectivity index (χ3v) is 6.33. The van der Waals surface area contributed by atoms with Gasteiger partial charge in [0, 0.05) is 17.6 Å². The molecule has 1 aliphatic heterocycles. The molecule has 0 bridgehead atoms. The molecular formula is C21H31N3O5S. The Kier molecular flexibility index (Phi) is 7.18. The van der Waals surface area contributed by atoms with Gasteiger partial charge in [-0.25, -0.2) is 22.7 Å². The lowest BCUT2D eigenvalue weighted by Crippen LogP contribution is -2.43. The fraction of sp³-hybridized carbons (Fsp3) is 0.524. The van der Waals surface area contributed by atoms with Gasteiger partial charge in [-0.3, -0.25) is 4.90 Å². The first-order valence-electron chi connectivity index (χ1n) is 10.0. The number of carbonyl (C=O) groups excluding carboxylic acids is 1. The molecule has 0 radical (unpaired) electrons. The van der Waals surface area contributed by atoms with Crippen molar-refractivity contribution in [3.63, 3.8) is 0 Å². The molecule has 3 amide bonds. The number of hydrogen-bond acceptors (Lipinski definition) is 4. The summed E-state index contributed by atoms with van der Waals surface area (Å²) in [6, 6.07) is 4.87. The normalized spacial score (nSPS) is 19.6. The fourth-order valence-electron chi connectivity index (χ4n) is 3.71. The molecule has 0 aromatic heterocycles. The molecule has 0 saturated carbocycles. The van der Waals surface area contributed by atoms with E-state index in [0.717, 1.165) is 16.5 Å². The molecule has 0 aliphatic carbocycles. The van der Waals surface area contributed by atoms with Crippen molar-refractivity contribution in [2.75, 3.05) is 11.9 Å². The molecule has 0 unspecified atom stereocenters. The summed E-state index contributed by atoms with van der Waals surface area (Å²) in [5, 5.41) is 12.9. The molecule has 1 aliphatic rings. The highest BCUT2D eigenvalue weighted by Crippen LogP contribution is 2.32. The van der Waals surface area contributed by atoms with E-state index in [9.17, 15) is 23.1 Å². The third-order valence-electron chi connectivity index (χ3n) is 5.36. The van der Waals surface area contributed by atoms with Crippen LogP contribution in [0.1, 0.15) is 70.4 Å². The summed E-state index contributed by atoms with van der Waals surface area (Å²) in [6.45, 7) is 10.00. The number of rotatable bonds is 6. The Bertz CT molecular complexity index is 914. The number of benzene rings is 1. The van der Waals surface area contributed by atoms with E-state index < -0.39 is 27.7 Å². The molecule has 1 saturated heterocycles. The number of hydrogen-bond donors (Lipinski definition) is 3. The number of nitrogens with zero attached hydrogens (tertiary/aromatic N) is 1. The average molecular weight is 438 g/mol. The van der Waals surface area contributed by atoms with Gasteiger partial charge in [-0.2, -0.15) is 0 Å². The Morgan fingerprint density at radius 2 is 1.73 bits per heavy atom. The lowest BCUT2D eigenvalue weighted by molar-refractivity contribution is 0.126. The number of sulfonamides is 1. The quantitative estimate of drug-likeness (QED) is 0.609. The summed E-state index contributed by atoms with van der Waals surface area (Å²) in [4.78, 5) is 25.0. The van der Waals surface area contributed by atoms with Crippen molar-refractivity contribution < 1.29 is 23.1 Å². The van der Waals surface area contributed by atoms with E-state index in [1.54, 1.807) is 6.92 Å². The number of para-hydroxylation sites is 1. The zero-order valence-corrected chi connectivity index (χ0v) is 18.9. The van der Waals surface area contributed by atoms with Crippen molar-refractivity contribution >= 4 is 27.8 Å². The minimum atomic E-state index is -4.10. The molecule has 1 heterocycles. The van der Waals surface area contributed by atoms with Crippen LogP contribution in [0.5, 0.6) is 0 Å². The minimum Gasteiger partial charge on any atom is -0.465 e. The maximum absolute atomic E-state index is 12.5. The Balaban J connectivity index is 2.19. The molecule has 2 rings (SSSR count). The second-order valence-corrected chi connectivity index (χ2v) is 9.99. The molecule has 9 heteroatoms. The highest BCUT2D eigenvalue weighted by Gasteiger charge is 2.38. The van der Waals surface area contributed by atoms with Gasteiger partial charge < -0.3 is 10.4 Å². The monoisotopic (exact) mass is 437 g/mol. The van der Waals surface area contributed by atoms with Gasteiger partial charge in [-0.15, -0.1) is 0 Å². The second kappa shape index (κ2) is 9.07. The van der Waals surface area contributed by atoms with Gasteiger partial charge >= 0.3 is 12.1 Å². The van der Waals surface area contributed by atoms with Crippen molar-refractivity contribution in [1.29, 1.82) is 0 Å². The van der Waals surface area contributed by atoms with Crippen molar-refractivity contribution in [2.24, 2.45) is 0 Å². The first kappa shape index (κ1) is 23.7. The van der Waals surface area contributed by atoms with Crippen LogP contribution in [0.4, 0.5) is 15.3 Å². The molecule has 1 aromatic carbocycles. The van der Waals surface area contributed by atoms with Crippen LogP contribution in [-0.4, -0.2) is 42.6 Å². The third kappa shape index (κ3) is 5.53. The minimum absolute atomic E-state index is 0.139. The van der Waals surface area contributed by atoms with Gasteiger partial charge in [0.05, 0.1) is 5.54 Å². The summed E-state index contributed by atoms with van der Waals surface area (Å²) in [6.07, 6.45) is 1.38. The van der Waals surface area contributed by atoms with E-state index in [0.29, 0.717) is 25.1 Å². The maximum Gasteiger partial charge on any atom is 0.407 e. The Labute approximate surface area is 178 Å². The van der Waals surface area contributed by atoms with Gasteiger partial charge in [0.2, 0.25) is 0 Å². The number of anilines is 1. The molecule has 8 nitrogen and oxygen atoms in total. The molecule has 1 atom stereocenters. The van der Waals surface area contributed by atoms with Crippen molar-refractivity contribution in [3.8, 4) is 0 Å². The summed E-state index contributed by atoms with van der Waals surface area (Å²) < 4.78 is 26.8. The zero-order chi connectivity index (χ0) is 22.7. The molecule has 1 fully saturated rings. The molecule has 166 valence electrons. The van der Waals surface area contributed by atoms with Gasteiger partial charge in [0.1, 0.15) is 0 Å². The Morgan fingerprint density at radius 3 is 2.23 bits per heavy atom. The Morgan fingerprint density at radius 1 is 1.17 bits per heavy atom. The van der Waals surface area contributed by atoms with Crippen LogP contribution >= 0.6 is 0 Å². The number of nitrogens with one attached hydrogen (secondary N) is 2. The lowest BCUT2D eigenvalue weighted by atomic mass is 9.93. The predicted octanol–water partition coefficient (Wildman–Crippen LogP) is 4.43. The van der Waals surface area contributed by atoms with Gasteiger partial charge in [-0.05, 0) is 48.8 Å². The van der Waals surface area contributed by atoms with Crippen LogP contribution in [0, 0.1) is 0 Å². The van der Waals surface area contributed by atoms with Crippen LogP contribution in [0.2, 0.25) is 0 Å². The maximum atomic E-state index is 12.5. The lowest BCUT2D eigenvalue weighted by Gasteiger charge is -2.29. The smallest absolute Gasteiger partial charge is 0.407 e. The summed E-state index contributed by atoms with van der Waals surface area (Å²) in [7, 11) is -4.10. The highest BCUT2D eigenvalue weighted by molar-refractivity contribution is 7.92. The molecule has 0 spiro atoms. The number of amides is 3. The largest absolute Gasteiger partial charge is 0.465 e. The van der Waals surface area contributed by atoms with E-state index in [4.69, 9.17) is 0 Å². The number of carbonyl (C=O) groups is 2. The number of urea groups is 1. The first-order chi connectivity index (χ1) is 13.9. The van der Waals surface area contributed by atoms with Crippen molar-refractivity contribution in [3.05, 3.63) is 40.8 Å². The van der Waals surface area contributed by atoms with E-state index in [1.165, 1.54) is 11.0 Å². The van der Waals surface area contributed by atoms with Gasteiger partial charge in [0.25, 0.3) is 10.0 Å². The molecule has 3 N–H and O–H groups in total. The zero-order valence-electron chi connectivity index (χ0n) is 18.1. The molecule has 1 aromatic rings. The van der Waals surface area contributed by atoms with Gasteiger partial charge in [-0.1, -0.05) is 45.9 Å². The van der Waals surface area contributed by atoms with Crippen LogP contribution in [-0.2, 0) is 10.0 Å². The molecule has 30 heavy (non-hydrogen) atoms. The van der Waals surface area contributed by atoms with Crippen LogP contribution < -0.4 is 10.0 Å². The average Bonchev–Trinajstić information content (AvgIpc) is 3.02. The second-order valence-electron chi connectivity index (χ2n) is 8.42. The summed E-state index contributed by atoms with van der Waals surface area (Å²) in [5.41, 5.74) is 1.52. The number of likely N-dealkylation sites (tertiary alicyclic amines) is 1. The first-order valence-corrected chi connectivity index (χ1v) is 11.6. The van der Waals surface area contributed by atoms with E-state index >= 15 is 0 Å². The SMILES string of the molecule is CC(C)c1cccc(C(C)C)c1NC(=O)NS(=O)(=O)/C=C/[C@@]1(C)CCCN1C(=O)O. The van der Waals surface area contributed by atoms with E-state index in [1.807, 2.05) is 50.6 Å². The van der Waals surface area contributed by atoms with E-state index in [-0.39, 0.29) is 11.8 Å². The Hall–Kier alpha value is -2.55. The van der Waals surface area contributed by atoms with Crippen LogP contribution in [0.3, 0.4) is 0 Å².